The van der Waals surface area contributed by atoms with Crippen LogP contribution in [0.1, 0.15) is 6.42 Å². The molecular weight excluding hydrogens is 424 g/mol. The number of carbonyl (C=O) groups excluding carboxylic acids is 2. The number of amidine groups is 1. The molecule has 2 aromatic rings. The van der Waals surface area contributed by atoms with Crippen molar-refractivity contribution in [3.63, 3.8) is 0 Å². The molecule has 1 atom stereocenters. The van der Waals surface area contributed by atoms with Gasteiger partial charge in [-0.2, -0.15) is 0 Å². The van der Waals surface area contributed by atoms with Crippen molar-refractivity contribution >= 4 is 50.1 Å². The highest BCUT2D eigenvalue weighted by Crippen LogP contribution is 2.32. The van der Waals surface area contributed by atoms with Crippen molar-refractivity contribution in [2.45, 2.75) is 16.6 Å². The second kappa shape index (κ2) is 9.24. The molecule has 0 bridgehead atoms. The third kappa shape index (κ3) is 5.35. The number of sulfonamides is 1. The lowest BCUT2D eigenvalue weighted by molar-refractivity contribution is -0.127. The molecule has 2 aromatic carbocycles. The van der Waals surface area contributed by atoms with Gasteiger partial charge in [0, 0.05) is 18.7 Å². The Hall–Kier alpha value is -2.95. The highest BCUT2D eigenvalue weighted by atomic mass is 32.2. The molecule has 1 fully saturated rings. The van der Waals surface area contributed by atoms with Crippen molar-refractivity contribution < 1.29 is 18.0 Å². The van der Waals surface area contributed by atoms with Crippen molar-refractivity contribution in [3.8, 4) is 0 Å². The number of nitrogens with zero attached hydrogens (tertiary/aromatic N) is 2. The standard InChI is InChI=1S/C20H20N4O4S2/c1-2-12-24-19(26)17(13-18(25)22-14-6-4-3-5-7-14)29-20(24)23-15-8-10-16(11-9-15)30(21,27)28/h2-11,17H,1,12-13H2,(H,22,25)(H2,21,27,28)/t17-/m1/s1. The van der Waals surface area contributed by atoms with Gasteiger partial charge in [0.05, 0.1) is 10.6 Å². The fourth-order valence-electron chi connectivity index (χ4n) is 2.74. The number of nitrogens with two attached hydrogens (primary N) is 1. The van der Waals surface area contributed by atoms with Crippen LogP contribution in [0.2, 0.25) is 0 Å². The van der Waals surface area contributed by atoms with Crippen LogP contribution in [0.25, 0.3) is 0 Å². The summed E-state index contributed by atoms with van der Waals surface area (Å²) in [5, 5.41) is 7.67. The normalized spacial score (nSPS) is 17.9. The molecule has 10 heteroatoms. The summed E-state index contributed by atoms with van der Waals surface area (Å²) in [5.41, 5.74) is 1.12. The second-order valence-corrected chi connectivity index (χ2v) is 9.13. The van der Waals surface area contributed by atoms with Crippen LogP contribution in [0.3, 0.4) is 0 Å². The summed E-state index contributed by atoms with van der Waals surface area (Å²) in [7, 11) is -3.80. The number of amides is 2. The third-order valence-corrected chi connectivity index (χ3v) is 6.25. The molecule has 8 nitrogen and oxygen atoms in total. The van der Waals surface area contributed by atoms with Gasteiger partial charge in [-0.15, -0.1) is 6.58 Å². The number of aliphatic imine (C=N–C) groups is 1. The molecule has 156 valence electrons. The van der Waals surface area contributed by atoms with E-state index in [4.69, 9.17) is 5.14 Å². The van der Waals surface area contributed by atoms with Crippen LogP contribution < -0.4 is 10.5 Å². The van der Waals surface area contributed by atoms with Crippen molar-refractivity contribution in [2.75, 3.05) is 11.9 Å². The average molecular weight is 445 g/mol. The van der Waals surface area contributed by atoms with Crippen molar-refractivity contribution in [1.29, 1.82) is 0 Å². The van der Waals surface area contributed by atoms with Gasteiger partial charge in [0.2, 0.25) is 21.8 Å². The number of carbonyl (C=O) groups is 2. The summed E-state index contributed by atoms with van der Waals surface area (Å²) in [6.45, 7) is 3.91. The summed E-state index contributed by atoms with van der Waals surface area (Å²) in [5.74, 6) is -0.507. The molecule has 1 aliphatic heterocycles. The van der Waals surface area contributed by atoms with E-state index in [1.54, 1.807) is 18.2 Å². The van der Waals surface area contributed by atoms with E-state index >= 15 is 0 Å². The highest BCUT2D eigenvalue weighted by Gasteiger charge is 2.38. The molecule has 0 spiro atoms. The maximum Gasteiger partial charge on any atom is 0.242 e. The second-order valence-electron chi connectivity index (χ2n) is 6.40. The summed E-state index contributed by atoms with van der Waals surface area (Å²) >= 11 is 1.19. The van der Waals surface area contributed by atoms with Crippen LogP contribution in [0.15, 0.2) is 77.1 Å². The molecule has 0 aliphatic carbocycles. The molecule has 0 unspecified atom stereocenters. The molecular formula is C20H20N4O4S2. The molecule has 0 aromatic heterocycles. The quantitative estimate of drug-likeness (QED) is 0.636. The number of hydrogen-bond acceptors (Lipinski definition) is 6. The number of hydrogen-bond donors (Lipinski definition) is 2. The first-order chi connectivity index (χ1) is 14.3. The van der Waals surface area contributed by atoms with E-state index in [0.29, 0.717) is 16.5 Å². The maximum absolute atomic E-state index is 12.8. The van der Waals surface area contributed by atoms with Crippen molar-refractivity contribution in [1.82, 2.24) is 4.90 Å². The summed E-state index contributed by atoms with van der Waals surface area (Å²) in [6, 6.07) is 14.7. The molecule has 3 rings (SSSR count). The van der Waals surface area contributed by atoms with Gasteiger partial charge in [-0.05, 0) is 36.4 Å². The zero-order valence-electron chi connectivity index (χ0n) is 15.9. The average Bonchev–Trinajstić information content (AvgIpc) is 2.97. The highest BCUT2D eigenvalue weighted by molar-refractivity contribution is 8.15. The maximum atomic E-state index is 12.8. The zero-order valence-corrected chi connectivity index (χ0v) is 17.5. The third-order valence-electron chi connectivity index (χ3n) is 4.15. The minimum absolute atomic E-state index is 0.00455. The van der Waals surface area contributed by atoms with Gasteiger partial charge < -0.3 is 5.32 Å². The molecule has 0 radical (unpaired) electrons. The largest absolute Gasteiger partial charge is 0.326 e. The predicted molar refractivity (Wildman–Crippen MR) is 118 cm³/mol. The summed E-state index contributed by atoms with van der Waals surface area (Å²) in [4.78, 5) is 31.0. The van der Waals surface area contributed by atoms with Gasteiger partial charge in [-0.1, -0.05) is 36.0 Å². The van der Waals surface area contributed by atoms with Crippen LogP contribution in [0.4, 0.5) is 11.4 Å². The Labute approximate surface area is 178 Å². The van der Waals surface area contributed by atoms with Gasteiger partial charge in [-0.25, -0.2) is 18.5 Å². The Morgan fingerprint density at radius 3 is 2.47 bits per heavy atom. The van der Waals surface area contributed by atoms with Crippen molar-refractivity contribution in [3.05, 3.63) is 67.3 Å². The molecule has 1 aliphatic rings. The van der Waals surface area contributed by atoms with Gasteiger partial charge in [0.1, 0.15) is 5.25 Å². The number of thioether (sulfide) groups is 1. The Kier molecular flexibility index (Phi) is 6.70. The van der Waals surface area contributed by atoms with Crippen molar-refractivity contribution in [2.24, 2.45) is 10.1 Å². The first-order valence-corrected chi connectivity index (χ1v) is 11.4. The fourth-order valence-corrected chi connectivity index (χ4v) is 4.43. The molecule has 1 heterocycles. The number of benzene rings is 2. The van der Waals surface area contributed by atoms with E-state index in [0.717, 1.165) is 0 Å². The van der Waals surface area contributed by atoms with Crippen LogP contribution in [-0.4, -0.2) is 42.1 Å². The van der Waals surface area contributed by atoms with Crippen LogP contribution in [-0.2, 0) is 19.6 Å². The lowest BCUT2D eigenvalue weighted by Crippen LogP contribution is -2.33. The summed E-state index contributed by atoms with van der Waals surface area (Å²) in [6.07, 6.45) is 1.57. The van der Waals surface area contributed by atoms with E-state index in [2.05, 4.69) is 16.9 Å². The van der Waals surface area contributed by atoms with Gasteiger partial charge in [0.15, 0.2) is 5.17 Å². The van der Waals surface area contributed by atoms with E-state index in [-0.39, 0.29) is 29.7 Å². The number of nitrogens with one attached hydrogen (secondary N) is 1. The Morgan fingerprint density at radius 1 is 1.20 bits per heavy atom. The predicted octanol–water partition coefficient (Wildman–Crippen LogP) is 2.48. The molecule has 30 heavy (non-hydrogen) atoms. The number of para-hydroxylation sites is 1. The zero-order chi connectivity index (χ0) is 21.7. The first-order valence-electron chi connectivity index (χ1n) is 8.93. The fraction of sp³-hybridized carbons (Fsp3) is 0.150. The number of primary sulfonamides is 1. The molecule has 3 N–H and O–H groups in total. The number of anilines is 1. The molecule has 0 saturated carbocycles. The van der Waals surface area contributed by atoms with E-state index in [9.17, 15) is 18.0 Å². The molecule has 2 amide bonds. The van der Waals surface area contributed by atoms with E-state index < -0.39 is 15.3 Å². The smallest absolute Gasteiger partial charge is 0.242 e. The Bertz CT molecular complexity index is 1080. The SMILES string of the molecule is C=CCN1C(=O)[C@@H](CC(=O)Nc2ccccc2)SC1=Nc1ccc(S(N)(=O)=O)cc1. The van der Waals surface area contributed by atoms with Crippen LogP contribution in [0, 0.1) is 0 Å². The van der Waals surface area contributed by atoms with Gasteiger partial charge >= 0.3 is 0 Å². The Morgan fingerprint density at radius 2 is 1.87 bits per heavy atom. The summed E-state index contributed by atoms with van der Waals surface area (Å²) < 4.78 is 22.8. The van der Waals surface area contributed by atoms with E-state index in [1.807, 2.05) is 18.2 Å². The van der Waals surface area contributed by atoms with Gasteiger partial charge in [-0.3, -0.25) is 14.5 Å². The lowest BCUT2D eigenvalue weighted by Gasteiger charge is -2.13. The van der Waals surface area contributed by atoms with Crippen LogP contribution in [0.5, 0.6) is 0 Å². The minimum atomic E-state index is -3.80. The topological polar surface area (TPSA) is 122 Å². The van der Waals surface area contributed by atoms with Crippen LogP contribution >= 0.6 is 11.8 Å². The van der Waals surface area contributed by atoms with Gasteiger partial charge in [0.25, 0.3) is 0 Å². The lowest BCUT2D eigenvalue weighted by atomic mass is 10.2. The number of rotatable bonds is 7. The molecule has 1 saturated heterocycles. The first kappa shape index (κ1) is 21.8. The Balaban J connectivity index is 1.76. The minimum Gasteiger partial charge on any atom is -0.326 e. The monoisotopic (exact) mass is 444 g/mol. The van der Waals surface area contributed by atoms with E-state index in [1.165, 1.54) is 40.9 Å².